The molecule has 0 atom stereocenters. The molecule has 0 saturated heterocycles. The highest BCUT2D eigenvalue weighted by Gasteiger charge is 2.09. The van der Waals surface area contributed by atoms with E-state index < -0.39 is 5.97 Å². The van der Waals surface area contributed by atoms with Crippen molar-refractivity contribution in [2.45, 2.75) is 6.42 Å². The molecule has 0 heterocycles. The second kappa shape index (κ2) is 4.14. The highest BCUT2D eigenvalue weighted by atomic mass is 35.5. The number of carboxylic acid groups (broad SMARTS) is 1. The van der Waals surface area contributed by atoms with E-state index in [0.29, 0.717) is 17.9 Å². The summed E-state index contributed by atoms with van der Waals surface area (Å²) in [6.45, 7) is 0. The molecule has 0 amide bonds. The zero-order chi connectivity index (χ0) is 9.84. The van der Waals surface area contributed by atoms with Gasteiger partial charge >= 0.3 is 5.97 Å². The smallest absolute Gasteiger partial charge is 0.335 e. The van der Waals surface area contributed by atoms with Gasteiger partial charge in [-0.15, -0.1) is 11.6 Å². The maximum Gasteiger partial charge on any atom is 0.335 e. The first-order valence-corrected chi connectivity index (χ1v) is 4.29. The van der Waals surface area contributed by atoms with Crippen molar-refractivity contribution in [2.75, 3.05) is 5.88 Å². The Morgan fingerprint density at radius 1 is 1.46 bits per heavy atom. The number of aryl methyl sites for hydroxylation is 1. The number of carbonyl (C=O) groups is 1. The lowest BCUT2D eigenvalue weighted by Gasteiger charge is -2.03. The molecule has 13 heavy (non-hydrogen) atoms. The SMILES string of the molecule is O=C(O)c1ccc(O)cc1CCCl. The summed E-state index contributed by atoms with van der Waals surface area (Å²) in [5, 5.41) is 17.9. The molecule has 70 valence electrons. The van der Waals surface area contributed by atoms with Gasteiger partial charge in [-0.25, -0.2) is 4.79 Å². The van der Waals surface area contributed by atoms with E-state index in [4.69, 9.17) is 21.8 Å². The first-order valence-electron chi connectivity index (χ1n) is 3.76. The molecule has 0 aliphatic heterocycles. The standard InChI is InChI=1S/C9H9ClO3/c10-4-3-6-5-7(11)1-2-8(6)9(12)13/h1-2,5,11H,3-4H2,(H,12,13). The van der Waals surface area contributed by atoms with Gasteiger partial charge in [0, 0.05) is 5.88 Å². The van der Waals surface area contributed by atoms with Crippen molar-refractivity contribution >= 4 is 17.6 Å². The molecule has 0 aliphatic carbocycles. The van der Waals surface area contributed by atoms with Crippen LogP contribution in [0.4, 0.5) is 0 Å². The molecule has 2 N–H and O–H groups in total. The van der Waals surface area contributed by atoms with Gasteiger partial charge in [-0.05, 0) is 30.2 Å². The number of phenols is 1. The molecule has 4 heteroatoms. The van der Waals surface area contributed by atoms with Crippen LogP contribution >= 0.6 is 11.6 Å². The highest BCUT2D eigenvalue weighted by Crippen LogP contribution is 2.17. The van der Waals surface area contributed by atoms with Crippen LogP contribution in [-0.4, -0.2) is 22.1 Å². The van der Waals surface area contributed by atoms with Gasteiger partial charge in [0.1, 0.15) is 5.75 Å². The third-order valence-corrected chi connectivity index (χ3v) is 1.87. The Balaban J connectivity index is 3.10. The van der Waals surface area contributed by atoms with E-state index in [1.165, 1.54) is 18.2 Å². The van der Waals surface area contributed by atoms with Crippen molar-refractivity contribution in [1.82, 2.24) is 0 Å². The van der Waals surface area contributed by atoms with Crippen molar-refractivity contribution in [1.29, 1.82) is 0 Å². The minimum absolute atomic E-state index is 0.0603. The van der Waals surface area contributed by atoms with Crippen LogP contribution in [0.5, 0.6) is 5.75 Å². The average molecular weight is 201 g/mol. The Morgan fingerprint density at radius 2 is 2.15 bits per heavy atom. The molecule has 1 rings (SSSR count). The van der Waals surface area contributed by atoms with Gasteiger partial charge in [-0.3, -0.25) is 0 Å². The van der Waals surface area contributed by atoms with Crippen LogP contribution in [-0.2, 0) is 6.42 Å². The zero-order valence-electron chi connectivity index (χ0n) is 6.83. The van der Waals surface area contributed by atoms with Gasteiger partial charge < -0.3 is 10.2 Å². The summed E-state index contributed by atoms with van der Waals surface area (Å²) in [5.41, 5.74) is 0.751. The lowest BCUT2D eigenvalue weighted by atomic mass is 10.1. The van der Waals surface area contributed by atoms with Crippen molar-refractivity contribution < 1.29 is 15.0 Å². The predicted molar refractivity (Wildman–Crippen MR) is 49.5 cm³/mol. The molecule has 0 bridgehead atoms. The Kier molecular flexibility index (Phi) is 3.14. The van der Waals surface area contributed by atoms with Crippen LogP contribution in [0.1, 0.15) is 15.9 Å². The summed E-state index contributed by atoms with van der Waals surface area (Å²) in [7, 11) is 0. The number of benzene rings is 1. The van der Waals surface area contributed by atoms with Crippen molar-refractivity contribution in [3.63, 3.8) is 0 Å². The monoisotopic (exact) mass is 200 g/mol. The Morgan fingerprint density at radius 3 is 2.69 bits per heavy atom. The van der Waals surface area contributed by atoms with E-state index in [1.54, 1.807) is 0 Å². The maximum absolute atomic E-state index is 10.7. The molecule has 1 aromatic rings. The lowest BCUT2D eigenvalue weighted by Crippen LogP contribution is -2.02. The number of phenolic OH excluding ortho intramolecular Hbond substituents is 1. The summed E-state index contributed by atoms with van der Waals surface area (Å²) in [5.74, 6) is -0.603. The van der Waals surface area contributed by atoms with Gasteiger partial charge in [0.2, 0.25) is 0 Å². The number of rotatable bonds is 3. The van der Waals surface area contributed by atoms with Gasteiger partial charge in [0.15, 0.2) is 0 Å². The molecule has 0 spiro atoms. The van der Waals surface area contributed by atoms with E-state index >= 15 is 0 Å². The van der Waals surface area contributed by atoms with Gasteiger partial charge in [0.25, 0.3) is 0 Å². The summed E-state index contributed by atoms with van der Waals surface area (Å²) in [6, 6.07) is 4.15. The highest BCUT2D eigenvalue weighted by molar-refractivity contribution is 6.18. The number of halogens is 1. The van der Waals surface area contributed by atoms with Crippen molar-refractivity contribution in [2.24, 2.45) is 0 Å². The van der Waals surface area contributed by atoms with E-state index in [1.807, 2.05) is 0 Å². The lowest BCUT2D eigenvalue weighted by molar-refractivity contribution is 0.0696. The molecule has 1 aromatic carbocycles. The summed E-state index contributed by atoms with van der Waals surface area (Å²) >= 11 is 5.49. The average Bonchev–Trinajstić information content (AvgIpc) is 2.04. The zero-order valence-corrected chi connectivity index (χ0v) is 7.58. The maximum atomic E-state index is 10.7. The summed E-state index contributed by atoms with van der Waals surface area (Å²) < 4.78 is 0. The fourth-order valence-corrected chi connectivity index (χ4v) is 1.30. The molecule has 0 aromatic heterocycles. The summed E-state index contributed by atoms with van der Waals surface area (Å²) in [6.07, 6.45) is 0.442. The number of hydrogen-bond donors (Lipinski definition) is 2. The predicted octanol–water partition coefficient (Wildman–Crippen LogP) is 1.87. The molecule has 3 nitrogen and oxygen atoms in total. The Bertz CT molecular complexity index is 323. The largest absolute Gasteiger partial charge is 0.508 e. The number of alkyl halides is 1. The fraction of sp³-hybridized carbons (Fsp3) is 0.222. The number of carboxylic acids is 1. The second-order valence-electron chi connectivity index (χ2n) is 2.59. The minimum atomic E-state index is -1.000. The van der Waals surface area contributed by atoms with Gasteiger partial charge in [-0.1, -0.05) is 0 Å². The number of hydrogen-bond acceptors (Lipinski definition) is 2. The first-order chi connectivity index (χ1) is 6.15. The summed E-state index contributed by atoms with van der Waals surface area (Å²) in [4.78, 5) is 10.7. The van der Waals surface area contributed by atoms with Crippen molar-refractivity contribution in [3.8, 4) is 5.75 Å². The molecule has 0 fully saturated rings. The van der Waals surface area contributed by atoms with Crippen LogP contribution in [0.3, 0.4) is 0 Å². The molecule has 0 unspecified atom stereocenters. The third kappa shape index (κ3) is 2.36. The van der Waals surface area contributed by atoms with Crippen LogP contribution in [0, 0.1) is 0 Å². The van der Waals surface area contributed by atoms with Crippen LogP contribution in [0.25, 0.3) is 0 Å². The third-order valence-electron chi connectivity index (χ3n) is 1.68. The van der Waals surface area contributed by atoms with E-state index in [-0.39, 0.29) is 11.3 Å². The van der Waals surface area contributed by atoms with Gasteiger partial charge in [0.05, 0.1) is 5.56 Å². The molecule has 0 radical (unpaired) electrons. The Hall–Kier alpha value is -1.22. The molecule has 0 saturated carbocycles. The van der Waals surface area contributed by atoms with Crippen LogP contribution in [0.15, 0.2) is 18.2 Å². The normalized spacial score (nSPS) is 9.92. The Labute approximate surface area is 80.6 Å². The quantitative estimate of drug-likeness (QED) is 0.733. The molecular formula is C9H9ClO3. The van der Waals surface area contributed by atoms with Crippen LogP contribution < -0.4 is 0 Å². The topological polar surface area (TPSA) is 57.5 Å². The van der Waals surface area contributed by atoms with Gasteiger partial charge in [-0.2, -0.15) is 0 Å². The second-order valence-corrected chi connectivity index (χ2v) is 2.96. The van der Waals surface area contributed by atoms with E-state index in [2.05, 4.69) is 0 Å². The first kappa shape index (κ1) is 9.86. The van der Waals surface area contributed by atoms with E-state index in [0.717, 1.165) is 0 Å². The van der Waals surface area contributed by atoms with E-state index in [9.17, 15) is 4.79 Å². The van der Waals surface area contributed by atoms with Crippen molar-refractivity contribution in [3.05, 3.63) is 29.3 Å². The molecule has 0 aliphatic rings. The minimum Gasteiger partial charge on any atom is -0.508 e. The number of aromatic hydroxyl groups is 1. The van der Waals surface area contributed by atoms with Crippen LogP contribution in [0.2, 0.25) is 0 Å². The molecular weight excluding hydrogens is 192 g/mol. The fourth-order valence-electron chi connectivity index (χ4n) is 1.10. The number of aromatic carboxylic acids is 1.